The van der Waals surface area contributed by atoms with Gasteiger partial charge in [0.05, 0.1) is 0 Å². The second kappa shape index (κ2) is 3.85. The van der Waals surface area contributed by atoms with Crippen LogP contribution in [0.3, 0.4) is 0 Å². The number of rotatable bonds is 3. The smallest absolute Gasteiger partial charge is 0.0365 e. The average molecular weight is 131 g/mol. The van der Waals surface area contributed by atoms with Gasteiger partial charge in [-0.25, -0.2) is 5.48 Å². The Bertz CT molecular complexity index is 63.3. The van der Waals surface area contributed by atoms with Crippen molar-refractivity contribution in [3.05, 3.63) is 0 Å². The molecule has 0 aliphatic heterocycles. The quantitative estimate of drug-likeness (QED) is 0.571. The normalized spacial score (nSPS) is 12.0. The molecule has 0 aliphatic carbocycles. The maximum Gasteiger partial charge on any atom is 0.0365 e. The van der Waals surface area contributed by atoms with Gasteiger partial charge in [0, 0.05) is 6.04 Å². The molecular formula is C7H17NO. The first-order valence-electron chi connectivity index (χ1n) is 3.49. The van der Waals surface area contributed by atoms with Crippen molar-refractivity contribution >= 4 is 0 Å². The predicted molar refractivity (Wildman–Crippen MR) is 38.4 cm³/mol. The minimum atomic E-state index is 0.227. The molecule has 0 aromatic heterocycles. The summed E-state index contributed by atoms with van der Waals surface area (Å²) in [7, 11) is 0. The summed E-state index contributed by atoms with van der Waals surface area (Å²) in [4.78, 5) is 0. The van der Waals surface area contributed by atoms with Crippen molar-refractivity contribution in [2.75, 3.05) is 0 Å². The maximum atomic E-state index is 8.62. The molecule has 2 nitrogen and oxygen atoms in total. The third kappa shape index (κ3) is 2.82. The van der Waals surface area contributed by atoms with E-state index in [2.05, 4.69) is 33.2 Å². The second-order valence-electron chi connectivity index (χ2n) is 3.14. The number of hydrogen-bond donors (Lipinski definition) is 2. The van der Waals surface area contributed by atoms with E-state index in [0.29, 0.717) is 11.8 Å². The summed E-state index contributed by atoms with van der Waals surface area (Å²) in [5.41, 5.74) is 2.30. The average Bonchev–Trinajstić information content (AvgIpc) is 1.64. The SMILES string of the molecule is CC(C)C(NO)C(C)C. The molecule has 0 aromatic carbocycles. The summed E-state index contributed by atoms with van der Waals surface area (Å²) in [6.07, 6.45) is 0. The van der Waals surface area contributed by atoms with Crippen LogP contribution in [0.2, 0.25) is 0 Å². The van der Waals surface area contributed by atoms with Gasteiger partial charge in [-0.1, -0.05) is 27.7 Å². The van der Waals surface area contributed by atoms with Gasteiger partial charge in [-0.15, -0.1) is 0 Å². The van der Waals surface area contributed by atoms with Crippen LogP contribution in [-0.4, -0.2) is 11.2 Å². The zero-order chi connectivity index (χ0) is 7.44. The molecule has 0 rings (SSSR count). The molecule has 0 atom stereocenters. The maximum absolute atomic E-state index is 8.62. The first-order valence-corrected chi connectivity index (χ1v) is 3.49. The van der Waals surface area contributed by atoms with Crippen LogP contribution in [0.1, 0.15) is 27.7 Å². The molecule has 0 unspecified atom stereocenters. The fraction of sp³-hybridized carbons (Fsp3) is 1.00. The van der Waals surface area contributed by atoms with Crippen molar-refractivity contribution in [1.82, 2.24) is 5.48 Å². The molecule has 0 heterocycles. The van der Waals surface area contributed by atoms with Crippen molar-refractivity contribution in [2.24, 2.45) is 11.8 Å². The van der Waals surface area contributed by atoms with Crippen LogP contribution in [0.5, 0.6) is 0 Å². The minimum Gasteiger partial charge on any atom is -0.317 e. The van der Waals surface area contributed by atoms with Gasteiger partial charge in [0.2, 0.25) is 0 Å². The molecule has 0 spiro atoms. The van der Waals surface area contributed by atoms with Crippen LogP contribution < -0.4 is 5.48 Å². The van der Waals surface area contributed by atoms with E-state index in [1.54, 1.807) is 0 Å². The van der Waals surface area contributed by atoms with Crippen LogP contribution in [0, 0.1) is 11.8 Å². The topological polar surface area (TPSA) is 32.3 Å². The Kier molecular flexibility index (Phi) is 3.82. The van der Waals surface area contributed by atoms with Crippen LogP contribution in [0.15, 0.2) is 0 Å². The lowest BCUT2D eigenvalue weighted by molar-refractivity contribution is 0.0816. The van der Waals surface area contributed by atoms with Gasteiger partial charge >= 0.3 is 0 Å². The molecule has 2 heteroatoms. The van der Waals surface area contributed by atoms with E-state index in [9.17, 15) is 0 Å². The van der Waals surface area contributed by atoms with Crippen molar-refractivity contribution in [3.8, 4) is 0 Å². The molecular weight excluding hydrogens is 114 g/mol. The van der Waals surface area contributed by atoms with Crippen molar-refractivity contribution in [2.45, 2.75) is 33.7 Å². The molecule has 9 heavy (non-hydrogen) atoms. The molecule has 0 saturated carbocycles. The van der Waals surface area contributed by atoms with Crippen LogP contribution >= 0.6 is 0 Å². The highest BCUT2D eigenvalue weighted by molar-refractivity contribution is 4.68. The van der Waals surface area contributed by atoms with E-state index in [1.165, 1.54) is 0 Å². The Morgan fingerprint density at radius 1 is 1.00 bits per heavy atom. The summed E-state index contributed by atoms with van der Waals surface area (Å²) in [6, 6.07) is 0.227. The molecule has 0 radical (unpaired) electrons. The number of hydroxylamine groups is 1. The van der Waals surface area contributed by atoms with Gasteiger partial charge in [-0.2, -0.15) is 0 Å². The Balaban J connectivity index is 3.68. The molecule has 56 valence electrons. The third-order valence-corrected chi connectivity index (χ3v) is 1.59. The zero-order valence-corrected chi connectivity index (χ0v) is 6.68. The zero-order valence-electron chi connectivity index (χ0n) is 6.68. The number of hydrogen-bond acceptors (Lipinski definition) is 2. The Hall–Kier alpha value is -0.0800. The highest BCUT2D eigenvalue weighted by atomic mass is 16.5. The second-order valence-corrected chi connectivity index (χ2v) is 3.14. The van der Waals surface area contributed by atoms with Crippen LogP contribution in [0.4, 0.5) is 0 Å². The van der Waals surface area contributed by atoms with E-state index in [0.717, 1.165) is 0 Å². The van der Waals surface area contributed by atoms with Gasteiger partial charge < -0.3 is 5.21 Å². The van der Waals surface area contributed by atoms with E-state index in [-0.39, 0.29) is 6.04 Å². The summed E-state index contributed by atoms with van der Waals surface area (Å²) in [6.45, 7) is 8.36. The summed E-state index contributed by atoms with van der Waals surface area (Å²) in [5, 5.41) is 8.62. The molecule has 0 aromatic rings. The monoisotopic (exact) mass is 131 g/mol. The van der Waals surface area contributed by atoms with Crippen LogP contribution in [0.25, 0.3) is 0 Å². The summed E-state index contributed by atoms with van der Waals surface area (Å²) in [5.74, 6) is 0.991. The fourth-order valence-corrected chi connectivity index (χ4v) is 1.07. The van der Waals surface area contributed by atoms with E-state index >= 15 is 0 Å². The van der Waals surface area contributed by atoms with Gasteiger partial charge in [0.15, 0.2) is 0 Å². The first-order chi connectivity index (χ1) is 4.09. The van der Waals surface area contributed by atoms with Crippen molar-refractivity contribution < 1.29 is 5.21 Å². The van der Waals surface area contributed by atoms with Gasteiger partial charge in [-0.05, 0) is 11.8 Å². The lowest BCUT2D eigenvalue weighted by atomic mass is 9.94. The molecule has 0 aliphatic rings. The number of nitrogens with one attached hydrogen (secondary N) is 1. The van der Waals surface area contributed by atoms with Gasteiger partial charge in [0.25, 0.3) is 0 Å². The Morgan fingerprint density at radius 3 is 1.33 bits per heavy atom. The highest BCUT2D eigenvalue weighted by Crippen LogP contribution is 2.10. The van der Waals surface area contributed by atoms with E-state index < -0.39 is 0 Å². The lowest BCUT2D eigenvalue weighted by Crippen LogP contribution is -2.35. The Labute approximate surface area is 57.2 Å². The minimum absolute atomic E-state index is 0.227. The standard InChI is InChI=1S/C7H17NO/c1-5(2)7(8-9)6(3)4/h5-9H,1-4H3. The van der Waals surface area contributed by atoms with Gasteiger partial charge in [0.1, 0.15) is 0 Å². The molecule has 0 bridgehead atoms. The van der Waals surface area contributed by atoms with Crippen LogP contribution in [-0.2, 0) is 0 Å². The van der Waals surface area contributed by atoms with Gasteiger partial charge in [-0.3, -0.25) is 0 Å². The largest absolute Gasteiger partial charge is 0.317 e. The molecule has 0 amide bonds. The first kappa shape index (κ1) is 8.92. The molecule has 2 N–H and O–H groups in total. The predicted octanol–water partition coefficient (Wildman–Crippen LogP) is 1.65. The fourth-order valence-electron chi connectivity index (χ4n) is 1.07. The Morgan fingerprint density at radius 2 is 1.33 bits per heavy atom. The van der Waals surface area contributed by atoms with Crippen molar-refractivity contribution in [3.63, 3.8) is 0 Å². The summed E-state index contributed by atoms with van der Waals surface area (Å²) >= 11 is 0. The molecule has 0 fully saturated rings. The highest BCUT2D eigenvalue weighted by Gasteiger charge is 2.14. The molecule has 0 saturated heterocycles. The van der Waals surface area contributed by atoms with Crippen molar-refractivity contribution in [1.29, 1.82) is 0 Å². The van der Waals surface area contributed by atoms with E-state index in [1.807, 2.05) is 0 Å². The third-order valence-electron chi connectivity index (χ3n) is 1.59. The summed E-state index contributed by atoms with van der Waals surface area (Å²) < 4.78 is 0. The van der Waals surface area contributed by atoms with E-state index in [4.69, 9.17) is 5.21 Å². The lowest BCUT2D eigenvalue weighted by Gasteiger charge is -2.22.